The largest absolute Gasteiger partial charge is 0.298 e. The molecule has 1 aromatic carbocycles. The third-order valence-corrected chi connectivity index (χ3v) is 5.89. The van der Waals surface area contributed by atoms with Crippen LogP contribution in [0.25, 0.3) is 0 Å². The van der Waals surface area contributed by atoms with Gasteiger partial charge in [-0.25, -0.2) is 8.42 Å². The molecule has 1 fully saturated rings. The van der Waals surface area contributed by atoms with Crippen molar-refractivity contribution in [2.24, 2.45) is 11.8 Å². The molecular formula is C17H23NO2S. The molecule has 3 nitrogen and oxygen atoms in total. The predicted molar refractivity (Wildman–Crippen MR) is 84.8 cm³/mol. The lowest BCUT2D eigenvalue weighted by Gasteiger charge is -2.22. The van der Waals surface area contributed by atoms with Gasteiger partial charge < -0.3 is 0 Å². The van der Waals surface area contributed by atoms with Gasteiger partial charge in [-0.15, -0.1) is 0 Å². The van der Waals surface area contributed by atoms with Gasteiger partial charge in [0, 0.05) is 25.9 Å². The Labute approximate surface area is 127 Å². The number of hydrogen-bond acceptors (Lipinski definition) is 3. The normalized spacial score (nSPS) is 26.5. The van der Waals surface area contributed by atoms with Crippen molar-refractivity contribution < 1.29 is 8.42 Å². The maximum absolute atomic E-state index is 11.5. The Morgan fingerprint density at radius 3 is 2.48 bits per heavy atom. The van der Waals surface area contributed by atoms with Gasteiger partial charge in [-0.2, -0.15) is 0 Å². The number of likely N-dealkylation sites (tertiary alicyclic amines) is 1. The van der Waals surface area contributed by atoms with Gasteiger partial charge in [-0.3, -0.25) is 4.90 Å². The summed E-state index contributed by atoms with van der Waals surface area (Å²) in [4.78, 5) is 2.91. The molecule has 2 atom stereocenters. The number of fused-ring (bicyclic) bond motifs is 1. The first-order valence-electron chi connectivity index (χ1n) is 7.59. The second-order valence-electron chi connectivity index (χ2n) is 6.62. The van der Waals surface area contributed by atoms with Crippen molar-refractivity contribution in [3.8, 4) is 0 Å². The zero-order valence-corrected chi connectivity index (χ0v) is 13.6. The Morgan fingerprint density at radius 2 is 1.81 bits per heavy atom. The molecule has 4 heteroatoms. The fourth-order valence-corrected chi connectivity index (χ4v) is 4.24. The van der Waals surface area contributed by atoms with Gasteiger partial charge >= 0.3 is 0 Å². The summed E-state index contributed by atoms with van der Waals surface area (Å²) in [7, 11) is -3.09. The van der Waals surface area contributed by atoms with Gasteiger partial charge in [0.1, 0.15) is 0 Å². The molecule has 21 heavy (non-hydrogen) atoms. The van der Waals surface area contributed by atoms with Gasteiger partial charge in [0.05, 0.1) is 4.90 Å². The van der Waals surface area contributed by atoms with E-state index >= 15 is 0 Å². The minimum atomic E-state index is -3.09. The van der Waals surface area contributed by atoms with Crippen molar-refractivity contribution in [3.63, 3.8) is 0 Å². The lowest BCUT2D eigenvalue weighted by molar-refractivity contribution is 0.314. The molecule has 1 aliphatic heterocycles. The van der Waals surface area contributed by atoms with Crippen LogP contribution in [0.3, 0.4) is 0 Å². The zero-order chi connectivity index (χ0) is 15.0. The number of nitrogens with zero attached hydrogens (tertiary/aromatic N) is 1. The highest BCUT2D eigenvalue weighted by molar-refractivity contribution is 7.90. The predicted octanol–water partition coefficient (Wildman–Crippen LogP) is 2.88. The summed E-state index contributed by atoms with van der Waals surface area (Å²) in [6.07, 6.45) is 6.11. The van der Waals surface area contributed by atoms with Gasteiger partial charge in [-0.1, -0.05) is 23.8 Å². The Morgan fingerprint density at radius 1 is 1.14 bits per heavy atom. The summed E-state index contributed by atoms with van der Waals surface area (Å²) >= 11 is 0. The molecule has 1 aromatic rings. The highest BCUT2D eigenvalue weighted by Gasteiger charge is 2.33. The minimum Gasteiger partial charge on any atom is -0.298 e. The van der Waals surface area contributed by atoms with Crippen molar-refractivity contribution in [3.05, 3.63) is 41.5 Å². The number of allylic oxidation sites excluding steroid dienone is 2. The number of benzene rings is 1. The Balaban J connectivity index is 1.63. The molecule has 1 aliphatic carbocycles. The van der Waals surface area contributed by atoms with Crippen LogP contribution in [0.15, 0.2) is 40.8 Å². The van der Waals surface area contributed by atoms with E-state index in [2.05, 4.69) is 17.9 Å². The van der Waals surface area contributed by atoms with Crippen molar-refractivity contribution in [2.75, 3.05) is 19.3 Å². The minimum absolute atomic E-state index is 0.404. The molecule has 0 unspecified atom stereocenters. The number of sulfone groups is 1. The molecule has 0 spiro atoms. The first-order chi connectivity index (χ1) is 9.91. The fourth-order valence-electron chi connectivity index (χ4n) is 3.61. The molecule has 0 bridgehead atoms. The summed E-state index contributed by atoms with van der Waals surface area (Å²) < 4.78 is 22.9. The molecule has 0 aromatic heterocycles. The Hall–Kier alpha value is -1.13. The molecule has 114 valence electrons. The second-order valence-corrected chi connectivity index (χ2v) is 8.64. The smallest absolute Gasteiger partial charge is 0.175 e. The average Bonchev–Trinajstić information content (AvgIpc) is 2.79. The van der Waals surface area contributed by atoms with E-state index in [0.29, 0.717) is 4.90 Å². The van der Waals surface area contributed by atoms with Crippen molar-refractivity contribution in [2.45, 2.75) is 31.2 Å². The van der Waals surface area contributed by atoms with Crippen LogP contribution in [0.1, 0.15) is 25.3 Å². The van der Waals surface area contributed by atoms with E-state index in [0.717, 1.165) is 18.4 Å². The first-order valence-corrected chi connectivity index (χ1v) is 9.48. The number of rotatable bonds is 3. The standard InChI is InChI=1S/C17H23NO2S/c1-13-3-6-15-11-18(12-16(15)9-13)10-14-4-7-17(8-5-14)21(2,19)20/h3-5,7-8,15-16H,6,9-12H2,1-2H3/t15-,16+/m1/s1. The number of hydrogen-bond donors (Lipinski definition) is 0. The third kappa shape index (κ3) is 3.38. The first kappa shape index (κ1) is 14.8. The van der Waals surface area contributed by atoms with Crippen LogP contribution < -0.4 is 0 Å². The molecule has 0 N–H and O–H groups in total. The van der Waals surface area contributed by atoms with Crippen LogP contribution in [0, 0.1) is 11.8 Å². The van der Waals surface area contributed by atoms with Crippen molar-refractivity contribution >= 4 is 9.84 Å². The summed E-state index contributed by atoms with van der Waals surface area (Å²) in [6.45, 7) is 5.50. The molecule has 1 heterocycles. The monoisotopic (exact) mass is 305 g/mol. The maximum atomic E-state index is 11.5. The van der Waals surface area contributed by atoms with Crippen LogP contribution >= 0.6 is 0 Å². The van der Waals surface area contributed by atoms with Crippen LogP contribution in [0.2, 0.25) is 0 Å². The van der Waals surface area contributed by atoms with Gasteiger partial charge in [-0.05, 0) is 49.3 Å². The summed E-state index contributed by atoms with van der Waals surface area (Å²) in [5.74, 6) is 1.62. The van der Waals surface area contributed by atoms with E-state index in [9.17, 15) is 8.42 Å². The fraction of sp³-hybridized carbons (Fsp3) is 0.529. The Bertz CT molecular complexity index is 646. The van der Waals surface area contributed by atoms with E-state index in [1.165, 1.54) is 43.3 Å². The molecule has 2 aliphatic rings. The maximum Gasteiger partial charge on any atom is 0.175 e. The van der Waals surface area contributed by atoms with Crippen LogP contribution in [0.5, 0.6) is 0 Å². The van der Waals surface area contributed by atoms with E-state index in [-0.39, 0.29) is 0 Å². The zero-order valence-electron chi connectivity index (χ0n) is 12.7. The van der Waals surface area contributed by atoms with Gasteiger partial charge in [0.25, 0.3) is 0 Å². The SMILES string of the molecule is CC1=CC[C@@H]2CN(Cc3ccc(S(C)(=O)=O)cc3)C[C@@H]2C1. The quantitative estimate of drug-likeness (QED) is 0.806. The summed E-state index contributed by atoms with van der Waals surface area (Å²) in [6, 6.07) is 7.34. The van der Waals surface area contributed by atoms with Crippen LogP contribution in [0.4, 0.5) is 0 Å². The second kappa shape index (κ2) is 5.58. The van der Waals surface area contributed by atoms with Gasteiger partial charge in [0.2, 0.25) is 0 Å². The van der Waals surface area contributed by atoms with E-state index in [4.69, 9.17) is 0 Å². The molecule has 1 saturated heterocycles. The Kier molecular flexibility index (Phi) is 3.93. The lowest BCUT2D eigenvalue weighted by Crippen LogP contribution is -2.20. The molecule has 0 amide bonds. The summed E-state index contributed by atoms with van der Waals surface area (Å²) in [5, 5.41) is 0. The van der Waals surface area contributed by atoms with E-state index < -0.39 is 9.84 Å². The van der Waals surface area contributed by atoms with E-state index in [1.807, 2.05) is 12.1 Å². The van der Waals surface area contributed by atoms with Gasteiger partial charge in [0.15, 0.2) is 9.84 Å². The summed E-state index contributed by atoms with van der Waals surface area (Å²) in [5.41, 5.74) is 2.74. The molecule has 0 radical (unpaired) electrons. The average molecular weight is 305 g/mol. The van der Waals surface area contributed by atoms with Crippen LogP contribution in [-0.2, 0) is 16.4 Å². The van der Waals surface area contributed by atoms with E-state index in [1.54, 1.807) is 12.1 Å². The molecular weight excluding hydrogens is 282 g/mol. The highest BCUT2D eigenvalue weighted by atomic mass is 32.2. The lowest BCUT2D eigenvalue weighted by atomic mass is 9.83. The topological polar surface area (TPSA) is 37.4 Å². The third-order valence-electron chi connectivity index (χ3n) is 4.76. The molecule has 3 rings (SSSR count). The highest BCUT2D eigenvalue weighted by Crippen LogP contribution is 2.36. The van der Waals surface area contributed by atoms with Crippen molar-refractivity contribution in [1.29, 1.82) is 0 Å². The molecule has 0 saturated carbocycles. The van der Waals surface area contributed by atoms with Crippen LogP contribution in [-0.4, -0.2) is 32.7 Å². The van der Waals surface area contributed by atoms with Crippen molar-refractivity contribution in [1.82, 2.24) is 4.90 Å².